The Morgan fingerprint density at radius 2 is 2.23 bits per heavy atom. The Kier molecular flexibility index (Phi) is 5.11. The summed E-state index contributed by atoms with van der Waals surface area (Å²) in [7, 11) is 1.70. The lowest BCUT2D eigenvalue weighted by Crippen LogP contribution is -2.17. The second kappa shape index (κ2) is 5.56. The van der Waals surface area contributed by atoms with Gasteiger partial charge in [-0.15, -0.1) is 12.4 Å². The van der Waals surface area contributed by atoms with Gasteiger partial charge < -0.3 is 15.2 Å². The van der Waals surface area contributed by atoms with E-state index in [1.165, 1.54) is 0 Å². The smallest absolute Gasteiger partial charge is 0.141 e. The van der Waals surface area contributed by atoms with Gasteiger partial charge in [0.15, 0.2) is 0 Å². The fourth-order valence-electron chi connectivity index (χ4n) is 1.03. The maximum atomic E-state index is 10.5. The standard InChI is InChI=1S/C9H11NO2.ClH/c1-10-9(6-11)7-3-2-4-8(12)5-7;/h2-6,9-10,12H,1H3;1H. The van der Waals surface area contributed by atoms with E-state index in [0.717, 1.165) is 11.8 Å². The highest BCUT2D eigenvalue weighted by Gasteiger charge is 2.06. The molecule has 0 heterocycles. The van der Waals surface area contributed by atoms with E-state index >= 15 is 0 Å². The topological polar surface area (TPSA) is 49.3 Å². The number of nitrogens with one attached hydrogen (secondary N) is 1. The molecule has 1 rings (SSSR count). The average molecular weight is 202 g/mol. The van der Waals surface area contributed by atoms with Crippen molar-refractivity contribution in [2.45, 2.75) is 6.04 Å². The zero-order valence-corrected chi connectivity index (χ0v) is 8.04. The van der Waals surface area contributed by atoms with Crippen molar-refractivity contribution in [2.24, 2.45) is 0 Å². The molecule has 0 saturated carbocycles. The SMILES string of the molecule is CNC(C=O)c1cccc(O)c1.Cl. The number of phenols is 1. The van der Waals surface area contributed by atoms with Crippen LogP contribution < -0.4 is 5.32 Å². The van der Waals surface area contributed by atoms with E-state index in [9.17, 15) is 4.79 Å². The first kappa shape index (κ1) is 11.9. The van der Waals surface area contributed by atoms with Crippen molar-refractivity contribution in [3.8, 4) is 5.75 Å². The van der Waals surface area contributed by atoms with Crippen LogP contribution in [0, 0.1) is 0 Å². The quantitative estimate of drug-likeness (QED) is 0.725. The lowest BCUT2D eigenvalue weighted by molar-refractivity contribution is -0.109. The summed E-state index contributed by atoms with van der Waals surface area (Å²) in [6.07, 6.45) is 0.800. The van der Waals surface area contributed by atoms with Crippen molar-refractivity contribution in [3.63, 3.8) is 0 Å². The van der Waals surface area contributed by atoms with Gasteiger partial charge in [-0.05, 0) is 24.7 Å². The third-order valence-corrected chi connectivity index (χ3v) is 1.68. The molecule has 0 saturated heterocycles. The Balaban J connectivity index is 0.00000144. The lowest BCUT2D eigenvalue weighted by Gasteiger charge is -2.08. The summed E-state index contributed by atoms with van der Waals surface area (Å²) >= 11 is 0. The van der Waals surface area contributed by atoms with E-state index in [1.54, 1.807) is 31.3 Å². The molecule has 72 valence electrons. The molecule has 1 unspecified atom stereocenters. The lowest BCUT2D eigenvalue weighted by atomic mass is 10.1. The Morgan fingerprint density at radius 1 is 1.54 bits per heavy atom. The average Bonchev–Trinajstić information content (AvgIpc) is 2.07. The minimum atomic E-state index is -0.336. The van der Waals surface area contributed by atoms with E-state index in [-0.39, 0.29) is 24.2 Å². The number of likely N-dealkylation sites (N-methyl/N-ethyl adjacent to an activating group) is 1. The van der Waals surface area contributed by atoms with Gasteiger partial charge in [-0.25, -0.2) is 0 Å². The molecule has 0 aliphatic carbocycles. The molecule has 3 nitrogen and oxygen atoms in total. The Labute approximate surface area is 83.2 Å². The van der Waals surface area contributed by atoms with Crippen LogP contribution in [0.1, 0.15) is 11.6 Å². The van der Waals surface area contributed by atoms with Gasteiger partial charge in [0.2, 0.25) is 0 Å². The van der Waals surface area contributed by atoms with E-state index in [2.05, 4.69) is 5.32 Å². The molecule has 0 aliphatic rings. The molecule has 0 amide bonds. The summed E-state index contributed by atoms with van der Waals surface area (Å²) in [6.45, 7) is 0. The van der Waals surface area contributed by atoms with Crippen LogP contribution in [0.15, 0.2) is 24.3 Å². The minimum absolute atomic E-state index is 0. The van der Waals surface area contributed by atoms with Crippen LogP contribution in [0.25, 0.3) is 0 Å². The summed E-state index contributed by atoms with van der Waals surface area (Å²) in [6, 6.07) is 6.29. The molecule has 0 fully saturated rings. The molecule has 4 heteroatoms. The molecular formula is C9H12ClNO2. The zero-order valence-electron chi connectivity index (χ0n) is 7.23. The molecule has 0 aromatic heterocycles. The van der Waals surface area contributed by atoms with Gasteiger partial charge in [0.1, 0.15) is 12.0 Å². The van der Waals surface area contributed by atoms with E-state index < -0.39 is 0 Å². The number of halogens is 1. The molecule has 0 radical (unpaired) electrons. The van der Waals surface area contributed by atoms with Crippen LogP contribution in [-0.4, -0.2) is 18.4 Å². The largest absolute Gasteiger partial charge is 0.508 e. The van der Waals surface area contributed by atoms with E-state index in [1.807, 2.05) is 0 Å². The number of carbonyl (C=O) groups is 1. The molecule has 2 N–H and O–H groups in total. The number of hydrogen-bond donors (Lipinski definition) is 2. The van der Waals surface area contributed by atoms with Crippen molar-refractivity contribution >= 4 is 18.7 Å². The Morgan fingerprint density at radius 3 is 2.69 bits per heavy atom. The first-order chi connectivity index (χ1) is 5.77. The molecule has 13 heavy (non-hydrogen) atoms. The van der Waals surface area contributed by atoms with Crippen molar-refractivity contribution < 1.29 is 9.90 Å². The molecule has 0 aliphatic heterocycles. The first-order valence-corrected chi connectivity index (χ1v) is 3.69. The van der Waals surface area contributed by atoms with Crippen LogP contribution in [-0.2, 0) is 4.79 Å². The maximum absolute atomic E-state index is 10.5. The van der Waals surface area contributed by atoms with Crippen molar-refractivity contribution in [1.29, 1.82) is 0 Å². The highest BCUT2D eigenvalue weighted by molar-refractivity contribution is 5.85. The second-order valence-corrected chi connectivity index (χ2v) is 2.50. The third-order valence-electron chi connectivity index (χ3n) is 1.68. The van der Waals surface area contributed by atoms with Gasteiger partial charge in [0.05, 0.1) is 6.04 Å². The van der Waals surface area contributed by atoms with Crippen LogP contribution >= 0.6 is 12.4 Å². The van der Waals surface area contributed by atoms with Crippen LogP contribution in [0.3, 0.4) is 0 Å². The normalized spacial score (nSPS) is 11.5. The molecule has 0 bridgehead atoms. The maximum Gasteiger partial charge on any atom is 0.141 e. The Hall–Kier alpha value is -1.06. The molecule has 1 atom stereocenters. The van der Waals surface area contributed by atoms with Crippen LogP contribution in [0.2, 0.25) is 0 Å². The van der Waals surface area contributed by atoms with Gasteiger partial charge in [-0.3, -0.25) is 0 Å². The van der Waals surface area contributed by atoms with Crippen molar-refractivity contribution in [2.75, 3.05) is 7.05 Å². The van der Waals surface area contributed by atoms with E-state index in [0.29, 0.717) is 0 Å². The fourth-order valence-corrected chi connectivity index (χ4v) is 1.03. The van der Waals surface area contributed by atoms with Crippen molar-refractivity contribution in [1.82, 2.24) is 5.32 Å². The summed E-state index contributed by atoms with van der Waals surface area (Å²) in [4.78, 5) is 10.5. The second-order valence-electron chi connectivity index (χ2n) is 2.50. The molecular weight excluding hydrogens is 190 g/mol. The number of phenolic OH excluding ortho intramolecular Hbond substituents is 1. The summed E-state index contributed by atoms with van der Waals surface area (Å²) in [5.74, 6) is 0.176. The summed E-state index contributed by atoms with van der Waals surface area (Å²) in [5.41, 5.74) is 0.771. The van der Waals surface area contributed by atoms with Gasteiger partial charge in [-0.2, -0.15) is 0 Å². The predicted octanol–water partition coefficient (Wildman–Crippen LogP) is 1.27. The predicted molar refractivity (Wildman–Crippen MR) is 53.2 cm³/mol. The van der Waals surface area contributed by atoms with Gasteiger partial charge >= 0.3 is 0 Å². The highest BCUT2D eigenvalue weighted by atomic mass is 35.5. The van der Waals surface area contributed by atoms with Crippen molar-refractivity contribution in [3.05, 3.63) is 29.8 Å². The number of aromatic hydroxyl groups is 1. The summed E-state index contributed by atoms with van der Waals surface area (Å²) in [5, 5.41) is 11.9. The molecule has 1 aromatic rings. The number of hydrogen-bond acceptors (Lipinski definition) is 3. The number of carbonyl (C=O) groups excluding carboxylic acids is 1. The Bertz CT molecular complexity index is 278. The first-order valence-electron chi connectivity index (χ1n) is 3.69. The van der Waals surface area contributed by atoms with Crippen LogP contribution in [0.4, 0.5) is 0 Å². The van der Waals surface area contributed by atoms with E-state index in [4.69, 9.17) is 5.11 Å². The number of aldehydes is 1. The highest BCUT2D eigenvalue weighted by Crippen LogP contribution is 2.16. The van der Waals surface area contributed by atoms with Gasteiger partial charge in [0, 0.05) is 0 Å². The van der Waals surface area contributed by atoms with Gasteiger partial charge in [0.25, 0.3) is 0 Å². The monoisotopic (exact) mass is 201 g/mol. The van der Waals surface area contributed by atoms with Crippen LogP contribution in [0.5, 0.6) is 5.75 Å². The zero-order chi connectivity index (χ0) is 8.97. The molecule has 0 spiro atoms. The minimum Gasteiger partial charge on any atom is -0.508 e. The van der Waals surface area contributed by atoms with Gasteiger partial charge in [-0.1, -0.05) is 12.1 Å². The number of rotatable bonds is 3. The fraction of sp³-hybridized carbons (Fsp3) is 0.222. The summed E-state index contributed by atoms with van der Waals surface area (Å²) < 4.78 is 0. The third kappa shape index (κ3) is 3.05. The number of benzene rings is 1. The molecule has 1 aromatic carbocycles.